The largest absolute Gasteiger partial charge is 0.511 e. The summed E-state index contributed by atoms with van der Waals surface area (Å²) in [5, 5.41) is 31.4. The first-order valence-corrected chi connectivity index (χ1v) is 9.10. The van der Waals surface area contributed by atoms with Crippen LogP contribution in [-0.4, -0.2) is 44.9 Å². The van der Waals surface area contributed by atoms with Gasteiger partial charge in [-0.3, -0.25) is 14.4 Å². The number of carbonyl (C=O) groups is 4. The van der Waals surface area contributed by atoms with Crippen molar-refractivity contribution in [2.45, 2.75) is 31.5 Å². The Balaban J connectivity index is 1.79. The van der Waals surface area contributed by atoms with Gasteiger partial charge in [0.2, 0.25) is 5.91 Å². The monoisotopic (exact) mass is 401 g/mol. The molecule has 1 aromatic carbocycles. The molecule has 5 unspecified atom stereocenters. The lowest BCUT2D eigenvalue weighted by atomic mass is 9.62. The molecule has 9 heteroatoms. The van der Waals surface area contributed by atoms with Crippen molar-refractivity contribution in [3.05, 3.63) is 40.7 Å². The number of primary amides is 1. The number of ketones is 2. The molecule has 5 atom stereocenters. The molecular weight excluding hydrogens is 382 g/mol. The van der Waals surface area contributed by atoms with Crippen LogP contribution in [0.3, 0.4) is 0 Å². The SMILES string of the molecule is CC1(C2CC(=O)C3=C(O)C(C(N)=O)C(=O)CC3C2O)OC(=O)c2c(O)cccc21. The maximum absolute atomic E-state index is 12.8. The molecule has 1 fully saturated rings. The molecule has 5 N–H and O–H groups in total. The summed E-state index contributed by atoms with van der Waals surface area (Å²) in [6, 6.07) is 4.41. The number of aliphatic hydroxyl groups excluding tert-OH is 2. The number of esters is 1. The van der Waals surface area contributed by atoms with Crippen LogP contribution in [0.1, 0.15) is 35.7 Å². The fourth-order valence-corrected chi connectivity index (χ4v) is 4.84. The lowest BCUT2D eigenvalue weighted by Crippen LogP contribution is -2.52. The molecule has 0 bridgehead atoms. The molecular formula is C20H19NO8. The first kappa shape index (κ1) is 19.1. The van der Waals surface area contributed by atoms with Crippen LogP contribution >= 0.6 is 0 Å². The van der Waals surface area contributed by atoms with Crippen molar-refractivity contribution in [3.8, 4) is 5.75 Å². The number of phenols is 1. The summed E-state index contributed by atoms with van der Waals surface area (Å²) < 4.78 is 5.50. The van der Waals surface area contributed by atoms with E-state index in [1.807, 2.05) is 0 Å². The summed E-state index contributed by atoms with van der Waals surface area (Å²) in [5.74, 6) is -7.68. The number of phenolic OH excluding ortho intramolecular Hbond substituents is 1. The minimum absolute atomic E-state index is 0.0349. The highest BCUT2D eigenvalue weighted by atomic mass is 16.6. The molecule has 1 amide bonds. The highest BCUT2D eigenvalue weighted by molar-refractivity contribution is 6.09. The molecule has 0 spiro atoms. The lowest BCUT2D eigenvalue weighted by molar-refractivity contribution is -0.142. The van der Waals surface area contributed by atoms with Crippen LogP contribution < -0.4 is 5.73 Å². The molecule has 1 aromatic rings. The Hall–Kier alpha value is -3.20. The topological polar surface area (TPSA) is 164 Å². The van der Waals surface area contributed by atoms with Crippen molar-refractivity contribution < 1.29 is 39.2 Å². The molecule has 1 aliphatic heterocycles. The second kappa shape index (κ2) is 6.15. The van der Waals surface area contributed by atoms with Gasteiger partial charge in [0.25, 0.3) is 0 Å². The lowest BCUT2D eigenvalue weighted by Gasteiger charge is -2.44. The van der Waals surface area contributed by atoms with Gasteiger partial charge in [0.15, 0.2) is 17.5 Å². The molecule has 0 aromatic heterocycles. The van der Waals surface area contributed by atoms with Gasteiger partial charge in [-0.05, 0) is 13.0 Å². The quantitative estimate of drug-likeness (QED) is 0.404. The summed E-state index contributed by atoms with van der Waals surface area (Å²) >= 11 is 0. The van der Waals surface area contributed by atoms with Gasteiger partial charge in [-0.25, -0.2) is 4.79 Å². The molecule has 1 saturated carbocycles. The predicted molar refractivity (Wildman–Crippen MR) is 95.4 cm³/mol. The van der Waals surface area contributed by atoms with E-state index < -0.39 is 58.7 Å². The average Bonchev–Trinajstić information content (AvgIpc) is 2.90. The van der Waals surface area contributed by atoms with Gasteiger partial charge in [-0.1, -0.05) is 12.1 Å². The number of hydrogen-bond acceptors (Lipinski definition) is 8. The third-order valence-corrected chi connectivity index (χ3v) is 6.27. The number of hydrogen-bond donors (Lipinski definition) is 4. The van der Waals surface area contributed by atoms with E-state index in [9.17, 15) is 34.5 Å². The van der Waals surface area contributed by atoms with E-state index in [1.165, 1.54) is 19.1 Å². The highest BCUT2D eigenvalue weighted by Crippen LogP contribution is 2.52. The first-order chi connectivity index (χ1) is 13.6. The molecule has 29 heavy (non-hydrogen) atoms. The van der Waals surface area contributed by atoms with E-state index in [2.05, 4.69) is 0 Å². The number of cyclic esters (lactones) is 1. The number of aromatic hydroxyl groups is 1. The Labute approximate surface area is 164 Å². The first-order valence-electron chi connectivity index (χ1n) is 9.10. The minimum Gasteiger partial charge on any atom is -0.511 e. The van der Waals surface area contributed by atoms with E-state index in [4.69, 9.17) is 10.5 Å². The Bertz CT molecular complexity index is 1010. The zero-order chi connectivity index (χ0) is 21.2. The fraction of sp³-hybridized carbons (Fsp3) is 0.400. The summed E-state index contributed by atoms with van der Waals surface area (Å²) in [5.41, 5.74) is 3.86. The van der Waals surface area contributed by atoms with E-state index in [0.29, 0.717) is 5.56 Å². The van der Waals surface area contributed by atoms with Gasteiger partial charge in [0.1, 0.15) is 22.7 Å². The number of Topliss-reactive ketones (excluding diaryl/α,β-unsaturated/α-hetero) is 2. The molecule has 4 rings (SSSR count). The summed E-state index contributed by atoms with van der Waals surface area (Å²) in [6.45, 7) is 1.53. The molecule has 9 nitrogen and oxygen atoms in total. The number of ether oxygens (including phenoxy) is 1. The molecule has 0 radical (unpaired) electrons. The van der Waals surface area contributed by atoms with Gasteiger partial charge in [-0.15, -0.1) is 0 Å². The van der Waals surface area contributed by atoms with E-state index in [-0.39, 0.29) is 29.7 Å². The summed E-state index contributed by atoms with van der Waals surface area (Å²) in [7, 11) is 0. The number of carbonyl (C=O) groups excluding carboxylic acids is 4. The molecule has 2 aliphatic carbocycles. The van der Waals surface area contributed by atoms with Crippen LogP contribution in [0.4, 0.5) is 0 Å². The van der Waals surface area contributed by atoms with Gasteiger partial charge < -0.3 is 25.8 Å². The van der Waals surface area contributed by atoms with Crippen LogP contribution in [0.5, 0.6) is 5.75 Å². The normalized spacial score (nSPS) is 33.9. The summed E-state index contributed by atoms with van der Waals surface area (Å²) in [6.07, 6.45) is -1.98. The summed E-state index contributed by atoms with van der Waals surface area (Å²) in [4.78, 5) is 49.0. The Morgan fingerprint density at radius 3 is 2.55 bits per heavy atom. The van der Waals surface area contributed by atoms with Crippen LogP contribution in [-0.2, 0) is 24.7 Å². The van der Waals surface area contributed by atoms with E-state index >= 15 is 0 Å². The number of rotatable bonds is 2. The van der Waals surface area contributed by atoms with Gasteiger partial charge >= 0.3 is 5.97 Å². The standard InChI is InChI=1S/C20H19NO8/c1-20(8-3-2-4-10(22)14(8)19(28)29-20)9-6-12(24)13-7(16(9)25)5-11(23)15(17(13)26)18(21)27/h2-4,7,9,15-16,22,25-26H,5-6H2,1H3,(H2,21,27). The number of fused-ring (bicyclic) bond motifs is 2. The van der Waals surface area contributed by atoms with Gasteiger partial charge in [-0.2, -0.15) is 0 Å². The third kappa shape index (κ3) is 2.50. The van der Waals surface area contributed by atoms with Gasteiger partial charge in [0, 0.05) is 35.8 Å². The van der Waals surface area contributed by atoms with Gasteiger partial charge in [0.05, 0.1) is 6.10 Å². The molecule has 3 aliphatic rings. The predicted octanol–water partition coefficient (Wildman–Crippen LogP) is 0.230. The fourth-order valence-electron chi connectivity index (χ4n) is 4.84. The van der Waals surface area contributed by atoms with Crippen LogP contribution in [0.15, 0.2) is 29.5 Å². The third-order valence-electron chi connectivity index (χ3n) is 6.27. The number of benzene rings is 1. The van der Waals surface area contributed by atoms with Crippen molar-refractivity contribution in [3.63, 3.8) is 0 Å². The van der Waals surface area contributed by atoms with Crippen LogP contribution in [0.25, 0.3) is 0 Å². The molecule has 1 heterocycles. The van der Waals surface area contributed by atoms with E-state index in [1.54, 1.807) is 6.07 Å². The zero-order valence-electron chi connectivity index (χ0n) is 15.4. The van der Waals surface area contributed by atoms with Crippen molar-refractivity contribution in [1.82, 2.24) is 0 Å². The average molecular weight is 401 g/mol. The van der Waals surface area contributed by atoms with Crippen molar-refractivity contribution in [1.29, 1.82) is 0 Å². The molecule has 0 saturated heterocycles. The second-order valence-corrected chi connectivity index (χ2v) is 7.83. The maximum atomic E-state index is 12.8. The maximum Gasteiger partial charge on any atom is 0.343 e. The minimum atomic E-state index is -1.61. The molecule has 152 valence electrons. The number of nitrogens with two attached hydrogens (primary N) is 1. The van der Waals surface area contributed by atoms with Crippen molar-refractivity contribution in [2.24, 2.45) is 23.5 Å². The Kier molecular flexibility index (Phi) is 4.06. The number of aliphatic hydroxyl groups is 2. The van der Waals surface area contributed by atoms with Crippen LogP contribution in [0, 0.1) is 17.8 Å². The van der Waals surface area contributed by atoms with Crippen molar-refractivity contribution >= 4 is 23.4 Å². The van der Waals surface area contributed by atoms with E-state index in [0.717, 1.165) is 0 Å². The highest BCUT2D eigenvalue weighted by Gasteiger charge is 2.58. The Morgan fingerprint density at radius 1 is 1.21 bits per heavy atom. The smallest absolute Gasteiger partial charge is 0.343 e. The number of amides is 1. The zero-order valence-corrected chi connectivity index (χ0v) is 15.4. The second-order valence-electron chi connectivity index (χ2n) is 7.83. The van der Waals surface area contributed by atoms with Crippen molar-refractivity contribution in [2.75, 3.05) is 0 Å². The van der Waals surface area contributed by atoms with Crippen LogP contribution in [0.2, 0.25) is 0 Å². The Morgan fingerprint density at radius 2 is 1.90 bits per heavy atom.